The van der Waals surface area contributed by atoms with Crippen LogP contribution in [0.2, 0.25) is 0 Å². The van der Waals surface area contributed by atoms with Crippen molar-refractivity contribution in [3.05, 3.63) is 59.6 Å². The van der Waals surface area contributed by atoms with Crippen LogP contribution in [0.4, 0.5) is 5.69 Å². The van der Waals surface area contributed by atoms with E-state index in [1.807, 2.05) is 11.3 Å². The SMILES string of the molecule is c1ccc(N2C(c3nc4ccccc4s3)C23CCCCC3)cc1. The Hall–Kier alpha value is -1.87. The number of rotatable bonds is 2. The van der Waals surface area contributed by atoms with E-state index in [4.69, 9.17) is 4.98 Å². The molecule has 0 amide bonds. The van der Waals surface area contributed by atoms with E-state index in [-0.39, 0.29) is 0 Å². The van der Waals surface area contributed by atoms with Gasteiger partial charge in [-0.05, 0) is 37.1 Å². The van der Waals surface area contributed by atoms with Crippen molar-refractivity contribution in [1.29, 1.82) is 0 Å². The first-order valence-corrected chi connectivity index (χ1v) is 9.40. The largest absolute Gasteiger partial charge is 0.351 e. The molecule has 23 heavy (non-hydrogen) atoms. The lowest BCUT2D eigenvalue weighted by atomic mass is 9.86. The third-order valence-electron chi connectivity index (χ3n) is 5.48. The van der Waals surface area contributed by atoms with Gasteiger partial charge in [0.25, 0.3) is 0 Å². The third-order valence-corrected chi connectivity index (χ3v) is 6.57. The monoisotopic (exact) mass is 320 g/mol. The van der Waals surface area contributed by atoms with Crippen LogP contribution in [0.1, 0.15) is 43.2 Å². The Bertz CT molecular complexity index is 800. The standard InChI is InChI=1S/C20H20N2S/c1-3-9-15(10-4-1)22-18(20(22)13-7-2-8-14-20)19-21-16-11-5-6-12-17(16)23-19/h1,3-6,9-12,18H,2,7-8,13-14H2. The minimum atomic E-state index is 0.327. The van der Waals surface area contributed by atoms with Crippen LogP contribution in [0.3, 0.4) is 0 Å². The molecule has 2 heterocycles. The number of hydrogen-bond donors (Lipinski definition) is 0. The molecule has 0 radical (unpaired) electrons. The van der Waals surface area contributed by atoms with Crippen LogP contribution in [0.25, 0.3) is 10.2 Å². The predicted molar refractivity (Wildman–Crippen MR) is 97.1 cm³/mol. The summed E-state index contributed by atoms with van der Waals surface area (Å²) in [5, 5.41) is 1.30. The summed E-state index contributed by atoms with van der Waals surface area (Å²) in [5.41, 5.74) is 2.84. The molecule has 2 fully saturated rings. The van der Waals surface area contributed by atoms with Gasteiger partial charge in [-0.3, -0.25) is 0 Å². The smallest absolute Gasteiger partial charge is 0.119 e. The van der Waals surface area contributed by atoms with Crippen molar-refractivity contribution in [2.75, 3.05) is 4.90 Å². The van der Waals surface area contributed by atoms with Gasteiger partial charge < -0.3 is 4.90 Å². The van der Waals surface area contributed by atoms with Gasteiger partial charge in [-0.15, -0.1) is 11.3 Å². The second-order valence-corrected chi connectivity index (χ2v) is 7.85. The Kier molecular flexibility index (Phi) is 2.99. The number of anilines is 1. The fraction of sp³-hybridized carbons (Fsp3) is 0.350. The van der Waals surface area contributed by atoms with Gasteiger partial charge in [0.2, 0.25) is 0 Å². The van der Waals surface area contributed by atoms with Gasteiger partial charge in [0, 0.05) is 5.69 Å². The lowest BCUT2D eigenvalue weighted by molar-refractivity contribution is 0.408. The highest BCUT2D eigenvalue weighted by molar-refractivity contribution is 7.18. The minimum Gasteiger partial charge on any atom is -0.351 e. The molecule has 116 valence electrons. The quantitative estimate of drug-likeness (QED) is 0.575. The van der Waals surface area contributed by atoms with Crippen LogP contribution in [-0.4, -0.2) is 10.5 Å². The zero-order chi connectivity index (χ0) is 15.3. The molecule has 1 aliphatic carbocycles. The number of thiazole rings is 1. The van der Waals surface area contributed by atoms with E-state index in [9.17, 15) is 0 Å². The van der Waals surface area contributed by atoms with Crippen molar-refractivity contribution in [3.63, 3.8) is 0 Å². The number of aromatic nitrogens is 1. The summed E-state index contributed by atoms with van der Waals surface area (Å²) < 4.78 is 1.31. The van der Waals surface area contributed by atoms with Crippen molar-refractivity contribution in [1.82, 2.24) is 4.98 Å². The number of benzene rings is 2. The molecule has 1 saturated carbocycles. The van der Waals surface area contributed by atoms with Gasteiger partial charge in [0.05, 0.1) is 15.8 Å². The van der Waals surface area contributed by atoms with Crippen molar-refractivity contribution < 1.29 is 0 Å². The third kappa shape index (κ3) is 2.03. The summed E-state index contributed by atoms with van der Waals surface area (Å²) in [4.78, 5) is 7.62. The Morgan fingerprint density at radius 1 is 0.913 bits per heavy atom. The lowest BCUT2D eigenvalue weighted by Gasteiger charge is -2.22. The first kappa shape index (κ1) is 13.6. The highest BCUT2D eigenvalue weighted by atomic mass is 32.1. The Labute approximate surface area is 140 Å². The van der Waals surface area contributed by atoms with Crippen molar-refractivity contribution in [2.24, 2.45) is 0 Å². The first-order valence-electron chi connectivity index (χ1n) is 8.58. The summed E-state index contributed by atoms with van der Waals surface area (Å²) in [5.74, 6) is 0. The van der Waals surface area contributed by atoms with E-state index in [0.717, 1.165) is 5.52 Å². The summed E-state index contributed by atoms with van der Waals surface area (Å²) >= 11 is 1.88. The second-order valence-electron chi connectivity index (χ2n) is 6.79. The zero-order valence-corrected chi connectivity index (χ0v) is 13.9. The molecule has 2 aromatic carbocycles. The summed E-state index contributed by atoms with van der Waals surface area (Å²) in [6.07, 6.45) is 6.71. The Morgan fingerprint density at radius 3 is 2.43 bits per heavy atom. The predicted octanol–water partition coefficient (Wildman–Crippen LogP) is 5.56. The zero-order valence-electron chi connectivity index (χ0n) is 13.1. The van der Waals surface area contributed by atoms with Crippen molar-refractivity contribution >= 4 is 27.2 Å². The molecule has 0 N–H and O–H groups in total. The van der Waals surface area contributed by atoms with E-state index < -0.39 is 0 Å². The van der Waals surface area contributed by atoms with Crippen LogP contribution in [-0.2, 0) is 0 Å². The average Bonchev–Trinajstić information content (AvgIpc) is 3.02. The van der Waals surface area contributed by atoms with E-state index in [0.29, 0.717) is 11.6 Å². The van der Waals surface area contributed by atoms with Crippen LogP contribution >= 0.6 is 11.3 Å². The van der Waals surface area contributed by atoms with Gasteiger partial charge in [0.1, 0.15) is 11.0 Å². The number of nitrogens with zero attached hydrogens (tertiary/aromatic N) is 2. The van der Waals surface area contributed by atoms with Gasteiger partial charge >= 0.3 is 0 Å². The maximum absolute atomic E-state index is 4.98. The number of fused-ring (bicyclic) bond motifs is 1. The van der Waals surface area contributed by atoms with Gasteiger partial charge in [-0.25, -0.2) is 4.98 Å². The lowest BCUT2D eigenvalue weighted by Crippen LogP contribution is -2.21. The molecule has 3 aromatic rings. The molecule has 1 spiro atoms. The highest BCUT2D eigenvalue weighted by Crippen LogP contribution is 2.62. The maximum Gasteiger partial charge on any atom is 0.119 e. The van der Waals surface area contributed by atoms with Crippen LogP contribution in [0.5, 0.6) is 0 Å². The fourth-order valence-electron chi connectivity index (χ4n) is 4.39. The van der Waals surface area contributed by atoms with E-state index in [1.54, 1.807) is 0 Å². The van der Waals surface area contributed by atoms with Gasteiger partial charge in [-0.2, -0.15) is 0 Å². The second kappa shape index (κ2) is 5.07. The molecular weight excluding hydrogens is 300 g/mol. The summed E-state index contributed by atoms with van der Waals surface area (Å²) in [7, 11) is 0. The van der Waals surface area contributed by atoms with Crippen LogP contribution in [0.15, 0.2) is 54.6 Å². The van der Waals surface area contributed by atoms with E-state index in [2.05, 4.69) is 59.5 Å². The number of para-hydroxylation sites is 2. The van der Waals surface area contributed by atoms with Gasteiger partial charge in [0.15, 0.2) is 0 Å². The number of hydrogen-bond acceptors (Lipinski definition) is 3. The summed E-state index contributed by atoms with van der Waals surface area (Å²) in [6, 6.07) is 19.9. The molecule has 0 bridgehead atoms. The van der Waals surface area contributed by atoms with E-state index in [1.165, 1.54) is 47.5 Å². The average molecular weight is 320 g/mol. The van der Waals surface area contributed by atoms with Crippen molar-refractivity contribution in [3.8, 4) is 0 Å². The molecule has 2 aliphatic rings. The van der Waals surface area contributed by atoms with Crippen LogP contribution < -0.4 is 4.90 Å². The molecule has 1 unspecified atom stereocenters. The fourth-order valence-corrected chi connectivity index (χ4v) is 5.56. The molecule has 5 rings (SSSR count). The Balaban J connectivity index is 1.59. The highest BCUT2D eigenvalue weighted by Gasteiger charge is 2.64. The first-order chi connectivity index (χ1) is 11.4. The molecule has 1 atom stereocenters. The molecule has 1 saturated heterocycles. The molecule has 1 aromatic heterocycles. The van der Waals surface area contributed by atoms with E-state index >= 15 is 0 Å². The Morgan fingerprint density at radius 2 is 1.65 bits per heavy atom. The molecule has 2 nitrogen and oxygen atoms in total. The van der Waals surface area contributed by atoms with Crippen molar-refractivity contribution in [2.45, 2.75) is 43.7 Å². The normalized spacial score (nSPS) is 22.6. The topological polar surface area (TPSA) is 15.9 Å². The van der Waals surface area contributed by atoms with Gasteiger partial charge in [-0.1, -0.05) is 49.6 Å². The molecule has 1 aliphatic heterocycles. The molecular formula is C20H20N2S. The molecule has 3 heteroatoms. The summed E-state index contributed by atoms with van der Waals surface area (Å²) in [6.45, 7) is 0. The van der Waals surface area contributed by atoms with Crippen LogP contribution in [0, 0.1) is 0 Å². The minimum absolute atomic E-state index is 0.327. The maximum atomic E-state index is 4.98.